The Bertz CT molecular complexity index is 1380. The first-order valence-corrected chi connectivity index (χ1v) is 12.2. The average molecular weight is 486 g/mol. The Balaban J connectivity index is 1.63. The molecule has 0 saturated heterocycles. The molecular weight excluding hydrogens is 461 g/mol. The molecule has 0 amide bonds. The number of ether oxygens (including phenoxy) is 1. The summed E-state index contributed by atoms with van der Waals surface area (Å²) < 4.78 is 51.4. The van der Waals surface area contributed by atoms with Crippen LogP contribution in [-0.2, 0) is 10.0 Å². The Morgan fingerprint density at radius 3 is 2.56 bits per heavy atom. The zero-order chi connectivity index (χ0) is 24.3. The highest BCUT2D eigenvalue weighted by molar-refractivity contribution is 7.92. The lowest BCUT2D eigenvalue weighted by molar-refractivity contribution is 0.228. The van der Waals surface area contributed by atoms with E-state index in [0.29, 0.717) is 34.5 Å². The van der Waals surface area contributed by atoms with Crippen LogP contribution < -0.4 is 14.8 Å². The summed E-state index contributed by atoms with van der Waals surface area (Å²) in [6.45, 7) is 5.14. The maximum absolute atomic E-state index is 13.3. The van der Waals surface area contributed by atoms with Gasteiger partial charge in [0.15, 0.2) is 11.6 Å². The van der Waals surface area contributed by atoms with Crippen molar-refractivity contribution in [3.8, 4) is 17.0 Å². The smallest absolute Gasteiger partial charge is 0.232 e. The molecule has 1 atom stereocenters. The van der Waals surface area contributed by atoms with E-state index in [2.05, 4.69) is 25.4 Å². The van der Waals surface area contributed by atoms with Crippen molar-refractivity contribution in [2.24, 2.45) is 0 Å². The molecule has 0 aliphatic heterocycles. The van der Waals surface area contributed by atoms with Gasteiger partial charge < -0.3 is 14.6 Å². The summed E-state index contributed by atoms with van der Waals surface area (Å²) in [5.74, 6) is 1.61. The molecule has 0 saturated carbocycles. The van der Waals surface area contributed by atoms with E-state index in [1.165, 1.54) is 12.1 Å². The maximum atomic E-state index is 13.3. The number of sulfonamides is 1. The van der Waals surface area contributed by atoms with Crippen molar-refractivity contribution >= 4 is 27.3 Å². The number of nitrogens with zero attached hydrogens (tertiary/aromatic N) is 2. The van der Waals surface area contributed by atoms with Gasteiger partial charge in [0.2, 0.25) is 10.0 Å². The molecule has 0 aliphatic carbocycles. The van der Waals surface area contributed by atoms with E-state index >= 15 is 0 Å². The van der Waals surface area contributed by atoms with Crippen LogP contribution >= 0.6 is 0 Å². The third kappa shape index (κ3) is 5.54. The highest BCUT2D eigenvalue weighted by atomic mass is 32.2. The van der Waals surface area contributed by atoms with Crippen LogP contribution in [0.4, 0.5) is 21.7 Å². The van der Waals surface area contributed by atoms with E-state index in [9.17, 15) is 12.8 Å². The normalized spacial score (nSPS) is 12.4. The Kier molecular flexibility index (Phi) is 6.55. The molecule has 0 spiro atoms. The van der Waals surface area contributed by atoms with Crippen LogP contribution in [0.2, 0.25) is 0 Å². The number of aromatic nitrogens is 3. The Morgan fingerprint density at radius 1 is 1.12 bits per heavy atom. The number of hydrogen-bond donors (Lipinski definition) is 3. The second kappa shape index (κ2) is 9.56. The van der Waals surface area contributed by atoms with Gasteiger partial charge in [0.05, 0.1) is 17.1 Å². The Morgan fingerprint density at radius 2 is 1.88 bits per heavy atom. The van der Waals surface area contributed by atoms with Crippen molar-refractivity contribution in [1.82, 2.24) is 15.4 Å². The van der Waals surface area contributed by atoms with Crippen LogP contribution in [0, 0.1) is 12.7 Å². The van der Waals surface area contributed by atoms with Crippen LogP contribution in [0.5, 0.6) is 5.75 Å². The molecule has 0 radical (unpaired) electrons. The molecule has 0 unspecified atom stereocenters. The second-order valence-electron chi connectivity index (χ2n) is 7.64. The molecule has 9 nitrogen and oxygen atoms in total. The molecular formula is C23H24FN5O4S. The van der Waals surface area contributed by atoms with E-state index in [0.717, 1.165) is 11.1 Å². The average Bonchev–Trinajstić information content (AvgIpc) is 3.44. The number of halogens is 1. The monoisotopic (exact) mass is 485 g/mol. The predicted molar refractivity (Wildman–Crippen MR) is 127 cm³/mol. The van der Waals surface area contributed by atoms with Crippen molar-refractivity contribution in [2.45, 2.75) is 26.9 Å². The minimum absolute atomic E-state index is 0.0845. The molecule has 2 aromatic carbocycles. The van der Waals surface area contributed by atoms with Gasteiger partial charge in [-0.15, -0.1) is 0 Å². The minimum Gasteiger partial charge on any atom is -0.484 e. The molecule has 0 aliphatic rings. The van der Waals surface area contributed by atoms with Gasteiger partial charge >= 0.3 is 0 Å². The number of benzene rings is 2. The quantitative estimate of drug-likeness (QED) is 0.299. The predicted octanol–water partition coefficient (Wildman–Crippen LogP) is 5.16. The molecule has 3 N–H and O–H groups in total. The topological polar surface area (TPSA) is 122 Å². The zero-order valence-corrected chi connectivity index (χ0v) is 19.6. The lowest BCUT2D eigenvalue weighted by atomic mass is 10.1. The van der Waals surface area contributed by atoms with E-state index in [4.69, 9.17) is 9.26 Å². The van der Waals surface area contributed by atoms with Crippen LogP contribution in [0.25, 0.3) is 11.3 Å². The number of H-pyrrole nitrogens is 1. The van der Waals surface area contributed by atoms with Crippen molar-refractivity contribution in [3.63, 3.8) is 0 Å². The third-order valence-corrected chi connectivity index (χ3v) is 6.33. The molecule has 178 valence electrons. The second-order valence-corrected chi connectivity index (χ2v) is 9.65. The third-order valence-electron chi connectivity index (χ3n) is 5.04. The number of aryl methyl sites for hydroxylation is 1. The van der Waals surface area contributed by atoms with Gasteiger partial charge in [-0.3, -0.25) is 9.82 Å². The highest BCUT2D eigenvalue weighted by Gasteiger charge is 2.17. The number of rotatable bonds is 9. The van der Waals surface area contributed by atoms with Gasteiger partial charge in [0, 0.05) is 17.7 Å². The van der Waals surface area contributed by atoms with E-state index in [1.807, 2.05) is 0 Å². The van der Waals surface area contributed by atoms with Gasteiger partial charge in [0.25, 0.3) is 0 Å². The zero-order valence-electron chi connectivity index (χ0n) is 18.8. The van der Waals surface area contributed by atoms with Crippen molar-refractivity contribution < 1.29 is 22.1 Å². The Labute approximate surface area is 196 Å². The number of anilines is 3. The van der Waals surface area contributed by atoms with Gasteiger partial charge in [0.1, 0.15) is 23.4 Å². The van der Waals surface area contributed by atoms with Crippen LogP contribution in [0.15, 0.2) is 59.1 Å². The van der Waals surface area contributed by atoms with Crippen molar-refractivity contribution in [2.75, 3.05) is 15.8 Å². The standard InChI is InChI=1S/C23H24FN5O4S/c1-4-34(30,31)29-19-10-7-17(12-21(19)32-15(3)16-5-8-18(24)9-6-16)20-13-22(27-26-20)25-23-11-14(2)33-28-23/h5-13,15,29H,4H2,1-3H3,(H2,25,26,27,28)/t15-/m0/s1. The van der Waals surface area contributed by atoms with Gasteiger partial charge in [-0.2, -0.15) is 5.10 Å². The summed E-state index contributed by atoms with van der Waals surface area (Å²) in [7, 11) is -3.53. The molecule has 34 heavy (non-hydrogen) atoms. The van der Waals surface area contributed by atoms with Crippen LogP contribution in [0.3, 0.4) is 0 Å². The lowest BCUT2D eigenvalue weighted by Crippen LogP contribution is -2.16. The van der Waals surface area contributed by atoms with Crippen LogP contribution in [0.1, 0.15) is 31.3 Å². The summed E-state index contributed by atoms with van der Waals surface area (Å²) in [6.07, 6.45) is -0.463. The Hall–Kier alpha value is -3.86. The molecule has 0 fully saturated rings. The first-order valence-electron chi connectivity index (χ1n) is 10.5. The number of hydrogen-bond acceptors (Lipinski definition) is 7. The van der Waals surface area contributed by atoms with Gasteiger partial charge in [-0.05, 0) is 50.6 Å². The van der Waals surface area contributed by atoms with E-state index < -0.39 is 16.1 Å². The largest absolute Gasteiger partial charge is 0.484 e. The molecule has 4 aromatic rings. The SMILES string of the molecule is CCS(=O)(=O)Nc1ccc(-c2cc(Nc3cc(C)on3)n[nH]2)cc1O[C@@H](C)c1ccc(F)cc1. The van der Waals surface area contributed by atoms with Crippen molar-refractivity contribution in [3.05, 3.63) is 71.7 Å². The summed E-state index contributed by atoms with van der Waals surface area (Å²) >= 11 is 0. The molecule has 2 aromatic heterocycles. The summed E-state index contributed by atoms with van der Waals surface area (Å²) in [4.78, 5) is 0. The van der Waals surface area contributed by atoms with Crippen LogP contribution in [-0.4, -0.2) is 29.5 Å². The molecule has 4 rings (SSSR count). The number of nitrogens with one attached hydrogen (secondary N) is 3. The first kappa shape index (κ1) is 23.3. The van der Waals surface area contributed by atoms with Gasteiger partial charge in [-0.25, -0.2) is 12.8 Å². The summed E-state index contributed by atoms with van der Waals surface area (Å²) in [5.41, 5.74) is 2.44. The van der Waals surface area contributed by atoms with E-state index in [1.54, 1.807) is 63.2 Å². The molecule has 0 bridgehead atoms. The molecule has 11 heteroatoms. The minimum atomic E-state index is -3.53. The lowest BCUT2D eigenvalue weighted by Gasteiger charge is -2.19. The summed E-state index contributed by atoms with van der Waals surface area (Å²) in [6, 6.07) is 14.6. The fourth-order valence-corrected chi connectivity index (χ4v) is 3.84. The summed E-state index contributed by atoms with van der Waals surface area (Å²) in [5, 5.41) is 14.1. The first-order chi connectivity index (χ1) is 16.2. The fourth-order valence-electron chi connectivity index (χ4n) is 3.19. The molecule has 2 heterocycles. The fraction of sp³-hybridized carbons (Fsp3) is 0.217. The van der Waals surface area contributed by atoms with Crippen molar-refractivity contribution in [1.29, 1.82) is 0 Å². The van der Waals surface area contributed by atoms with E-state index in [-0.39, 0.29) is 11.6 Å². The highest BCUT2D eigenvalue weighted by Crippen LogP contribution is 2.35. The number of aromatic amines is 1. The van der Waals surface area contributed by atoms with Gasteiger partial charge in [-0.1, -0.05) is 23.4 Å². The maximum Gasteiger partial charge on any atom is 0.232 e.